The van der Waals surface area contributed by atoms with Gasteiger partial charge in [-0.05, 0) is 43.5 Å². The number of nitrogens with two attached hydrogens (primary N) is 1. The molecule has 1 aliphatic heterocycles. The Bertz CT molecular complexity index is 735. The zero-order chi connectivity index (χ0) is 28.1. The minimum Gasteiger partial charge on any atom is -0.406 e. The van der Waals surface area contributed by atoms with Crippen LogP contribution in [0.5, 0.6) is 5.75 Å². The predicted octanol–water partition coefficient (Wildman–Crippen LogP) is 3.25. The zero-order valence-electron chi connectivity index (χ0n) is 21.4. The van der Waals surface area contributed by atoms with Gasteiger partial charge in [-0.3, -0.25) is 0 Å². The van der Waals surface area contributed by atoms with E-state index in [1.54, 1.807) is 19.1 Å². The monoisotopic (exact) mass is 543 g/mol. The molecular formula is C25H41ClF3NO6. The van der Waals surface area contributed by atoms with E-state index in [-0.39, 0.29) is 28.9 Å². The van der Waals surface area contributed by atoms with Crippen molar-refractivity contribution in [1.82, 2.24) is 0 Å². The van der Waals surface area contributed by atoms with Crippen LogP contribution in [0.3, 0.4) is 0 Å². The predicted molar refractivity (Wildman–Crippen MR) is 134 cm³/mol. The molecule has 0 aromatic heterocycles. The summed E-state index contributed by atoms with van der Waals surface area (Å²) in [5.74, 6) is -0.696. The molecule has 6 unspecified atom stereocenters. The summed E-state index contributed by atoms with van der Waals surface area (Å²) < 4.78 is 46.7. The maximum absolute atomic E-state index is 12.3. The van der Waals surface area contributed by atoms with E-state index in [9.17, 15) is 28.5 Å². The van der Waals surface area contributed by atoms with Crippen LogP contribution >= 0.6 is 11.6 Å². The second kappa shape index (κ2) is 17.2. The molecule has 36 heavy (non-hydrogen) atoms. The Morgan fingerprint density at radius 1 is 1.06 bits per heavy atom. The molecule has 1 fully saturated rings. The highest BCUT2D eigenvalue weighted by molar-refractivity contribution is 6.22. The highest BCUT2D eigenvalue weighted by atomic mass is 35.5. The van der Waals surface area contributed by atoms with Gasteiger partial charge in [0, 0.05) is 18.9 Å². The Morgan fingerprint density at radius 2 is 1.61 bits per heavy atom. The minimum absolute atomic E-state index is 0.00317. The lowest BCUT2D eigenvalue weighted by Crippen LogP contribution is -2.56. The summed E-state index contributed by atoms with van der Waals surface area (Å²) in [5.41, 5.74) is 5.33. The minimum atomic E-state index is -4.73. The largest absolute Gasteiger partial charge is 0.573 e. The number of ether oxygens (including phenoxy) is 2. The maximum atomic E-state index is 12.3. The van der Waals surface area contributed by atoms with Gasteiger partial charge in [-0.15, -0.1) is 24.8 Å². The molecule has 6 N–H and O–H groups in total. The van der Waals surface area contributed by atoms with Crippen LogP contribution in [0.25, 0.3) is 0 Å². The fourth-order valence-corrected chi connectivity index (χ4v) is 4.58. The van der Waals surface area contributed by atoms with Crippen molar-refractivity contribution in [2.75, 3.05) is 20.8 Å². The van der Waals surface area contributed by atoms with Gasteiger partial charge in [-0.25, -0.2) is 0 Å². The average molecular weight is 544 g/mol. The molecule has 8 atom stereocenters. The number of benzene rings is 1. The van der Waals surface area contributed by atoms with Crippen LogP contribution in [-0.4, -0.2) is 77.3 Å². The number of rotatable bonds is 5. The fourth-order valence-electron chi connectivity index (χ4n) is 4.31. The van der Waals surface area contributed by atoms with Crippen molar-refractivity contribution >= 4 is 11.6 Å². The van der Waals surface area contributed by atoms with E-state index >= 15 is 0 Å². The van der Waals surface area contributed by atoms with Gasteiger partial charge >= 0.3 is 6.36 Å². The maximum Gasteiger partial charge on any atom is 0.573 e. The van der Waals surface area contributed by atoms with E-state index in [4.69, 9.17) is 21.4 Å². The van der Waals surface area contributed by atoms with Crippen LogP contribution in [0, 0.1) is 17.8 Å². The third-order valence-corrected chi connectivity index (χ3v) is 6.45. The standard InChI is InChI=1S/C21H26ClF3O5.C2H6.CH5N.CH4O/c1-11-18(27)19(28)17(10-26)29-20(11)13-4-7-16(22)14(9-13)8-12-2-5-15(6-3-12)30-21(23,24)25;3*1-2/h2-7,11,13-14,16-20,26-28H,8-10H2,1H3;1-2H3;2H2,1H3;2H,1H3/t11-,13?,14?,16?,17?,18?,19-,20?;;;/m1.../s1. The molecule has 0 radical (unpaired) electrons. The van der Waals surface area contributed by atoms with Gasteiger partial charge in [0.25, 0.3) is 0 Å². The highest BCUT2D eigenvalue weighted by Crippen LogP contribution is 2.39. The molecule has 0 spiro atoms. The lowest BCUT2D eigenvalue weighted by Gasteiger charge is -2.45. The Balaban J connectivity index is 0.00000190. The van der Waals surface area contributed by atoms with Gasteiger partial charge in [0.15, 0.2) is 0 Å². The first kappa shape index (κ1) is 34.6. The van der Waals surface area contributed by atoms with Gasteiger partial charge in [-0.1, -0.05) is 45.1 Å². The van der Waals surface area contributed by atoms with E-state index in [2.05, 4.69) is 10.5 Å². The van der Waals surface area contributed by atoms with Crippen LogP contribution in [0.15, 0.2) is 36.4 Å². The van der Waals surface area contributed by atoms with Crippen LogP contribution < -0.4 is 10.5 Å². The summed E-state index contributed by atoms with van der Waals surface area (Å²) in [5, 5.41) is 36.6. The van der Waals surface area contributed by atoms with Gasteiger partial charge in [0.05, 0.1) is 24.2 Å². The van der Waals surface area contributed by atoms with E-state index in [1.807, 2.05) is 26.0 Å². The summed E-state index contributed by atoms with van der Waals surface area (Å²) in [6.45, 7) is 5.40. The van der Waals surface area contributed by atoms with E-state index in [0.29, 0.717) is 12.8 Å². The van der Waals surface area contributed by atoms with Gasteiger partial charge in [0.2, 0.25) is 0 Å². The van der Waals surface area contributed by atoms with Crippen LogP contribution in [0.2, 0.25) is 0 Å². The number of hydrogen-bond acceptors (Lipinski definition) is 7. The number of alkyl halides is 4. The average Bonchev–Trinajstić information content (AvgIpc) is 2.88. The summed E-state index contributed by atoms with van der Waals surface area (Å²) in [6.07, 6.45) is -3.15. The quantitative estimate of drug-likeness (QED) is 0.285. The molecule has 3 rings (SSSR count). The molecule has 1 aromatic rings. The van der Waals surface area contributed by atoms with Crippen molar-refractivity contribution < 1.29 is 43.1 Å². The molecule has 0 bridgehead atoms. The third-order valence-electron chi connectivity index (χ3n) is 5.94. The number of aliphatic hydroxyl groups excluding tert-OH is 4. The van der Waals surface area contributed by atoms with Gasteiger partial charge < -0.3 is 35.6 Å². The first-order valence-corrected chi connectivity index (χ1v) is 12.3. The van der Waals surface area contributed by atoms with Crippen molar-refractivity contribution in [2.45, 2.75) is 69.8 Å². The smallest absolute Gasteiger partial charge is 0.406 e. The van der Waals surface area contributed by atoms with Gasteiger partial charge in [0.1, 0.15) is 18.0 Å². The molecule has 11 heteroatoms. The Morgan fingerprint density at radius 3 is 2.11 bits per heavy atom. The molecule has 0 amide bonds. The summed E-state index contributed by atoms with van der Waals surface area (Å²) in [6, 6.07) is 5.72. The van der Waals surface area contributed by atoms with Crippen molar-refractivity contribution in [1.29, 1.82) is 0 Å². The fraction of sp³-hybridized carbons (Fsp3) is 0.680. The molecular weight excluding hydrogens is 503 g/mol. The molecule has 2 aliphatic rings. The Labute approximate surface area is 216 Å². The molecule has 7 nitrogen and oxygen atoms in total. The van der Waals surface area contributed by atoms with Crippen molar-refractivity contribution in [2.24, 2.45) is 23.5 Å². The topological polar surface area (TPSA) is 125 Å². The number of halogens is 4. The summed E-state index contributed by atoms with van der Waals surface area (Å²) in [4.78, 5) is 0. The lowest BCUT2D eigenvalue weighted by molar-refractivity contribution is -0.274. The zero-order valence-corrected chi connectivity index (χ0v) is 22.2. The summed E-state index contributed by atoms with van der Waals surface area (Å²) in [7, 11) is 2.50. The van der Waals surface area contributed by atoms with Crippen LogP contribution in [-0.2, 0) is 11.2 Å². The molecule has 1 heterocycles. The van der Waals surface area contributed by atoms with Crippen LogP contribution in [0.1, 0.15) is 32.8 Å². The molecule has 1 saturated heterocycles. The van der Waals surface area contributed by atoms with Crippen molar-refractivity contribution in [3.05, 3.63) is 42.0 Å². The third kappa shape index (κ3) is 10.2. The Kier molecular flexibility index (Phi) is 16.5. The molecule has 210 valence electrons. The van der Waals surface area contributed by atoms with E-state index in [1.165, 1.54) is 19.2 Å². The second-order valence-corrected chi connectivity index (χ2v) is 8.55. The first-order chi connectivity index (χ1) is 17.1. The van der Waals surface area contributed by atoms with Crippen molar-refractivity contribution in [3.8, 4) is 5.75 Å². The summed E-state index contributed by atoms with van der Waals surface area (Å²) >= 11 is 6.47. The second-order valence-electron chi connectivity index (χ2n) is 8.05. The van der Waals surface area contributed by atoms with Gasteiger partial charge in [-0.2, -0.15) is 0 Å². The number of allylic oxidation sites excluding steroid dienone is 1. The van der Waals surface area contributed by atoms with E-state index < -0.39 is 37.4 Å². The number of hydrogen-bond donors (Lipinski definition) is 5. The molecule has 1 aliphatic carbocycles. The molecule has 0 saturated carbocycles. The normalized spacial score (nSPS) is 31.5. The van der Waals surface area contributed by atoms with Crippen LogP contribution in [0.4, 0.5) is 13.2 Å². The lowest BCUT2D eigenvalue weighted by atomic mass is 9.74. The molecule has 1 aromatic carbocycles. The number of aliphatic hydroxyl groups is 4. The Hall–Kier alpha value is -1.40. The first-order valence-electron chi connectivity index (χ1n) is 11.9. The van der Waals surface area contributed by atoms with E-state index in [0.717, 1.165) is 12.7 Å². The SMILES string of the molecule is CC.CN.CO.C[C@H]1C(C2C=CC(Cl)C(Cc3ccc(OC(F)(F)F)cc3)C2)OC(CO)[C@@H](O)C1O. The highest BCUT2D eigenvalue weighted by Gasteiger charge is 2.45. The van der Waals surface area contributed by atoms with Crippen molar-refractivity contribution in [3.63, 3.8) is 0 Å².